The Balaban J connectivity index is 3.16. The first-order valence-electron chi connectivity index (χ1n) is 7.92. The molecule has 0 rings (SSSR count). The summed E-state index contributed by atoms with van der Waals surface area (Å²) in [5.41, 5.74) is -0.459. The molecule has 0 aliphatic carbocycles. The summed E-state index contributed by atoms with van der Waals surface area (Å²) >= 11 is 0. The number of rotatable bonds is 15. The SMILES string of the molecule is CC(C)(C)OC(=O)CCOCCOCCOCCOCCC=O. The third-order valence-electron chi connectivity index (χ3n) is 2.37. The van der Waals surface area contributed by atoms with Crippen LogP contribution in [0.4, 0.5) is 0 Å². The maximum atomic E-state index is 11.4. The van der Waals surface area contributed by atoms with Crippen LogP contribution in [-0.2, 0) is 33.3 Å². The molecular formula is C16H30O7. The van der Waals surface area contributed by atoms with Gasteiger partial charge in [-0.3, -0.25) is 4.79 Å². The molecule has 0 fully saturated rings. The van der Waals surface area contributed by atoms with E-state index in [1.54, 1.807) is 0 Å². The van der Waals surface area contributed by atoms with Crippen LogP contribution in [0.15, 0.2) is 0 Å². The van der Waals surface area contributed by atoms with Gasteiger partial charge in [0.25, 0.3) is 0 Å². The summed E-state index contributed by atoms with van der Waals surface area (Å²) < 4.78 is 26.2. The van der Waals surface area contributed by atoms with Crippen LogP contribution in [0.25, 0.3) is 0 Å². The minimum atomic E-state index is -0.459. The largest absolute Gasteiger partial charge is 0.460 e. The lowest BCUT2D eigenvalue weighted by molar-refractivity contribution is -0.156. The third kappa shape index (κ3) is 18.9. The van der Waals surface area contributed by atoms with Crippen molar-refractivity contribution in [3.63, 3.8) is 0 Å². The molecule has 0 saturated carbocycles. The molecular weight excluding hydrogens is 304 g/mol. The highest BCUT2D eigenvalue weighted by molar-refractivity contribution is 5.69. The minimum absolute atomic E-state index is 0.241. The summed E-state index contributed by atoms with van der Waals surface area (Å²) in [7, 11) is 0. The molecule has 0 aliphatic rings. The lowest BCUT2D eigenvalue weighted by Gasteiger charge is -2.19. The molecule has 0 bridgehead atoms. The highest BCUT2D eigenvalue weighted by Crippen LogP contribution is 2.07. The Morgan fingerprint density at radius 2 is 1.22 bits per heavy atom. The van der Waals surface area contributed by atoms with Gasteiger partial charge in [0, 0.05) is 6.42 Å². The second-order valence-corrected chi connectivity index (χ2v) is 5.74. The molecule has 0 atom stereocenters. The molecule has 7 heteroatoms. The predicted molar refractivity (Wildman–Crippen MR) is 84.4 cm³/mol. The summed E-state index contributed by atoms with van der Waals surface area (Å²) in [6.45, 7) is 9.05. The van der Waals surface area contributed by atoms with Crippen molar-refractivity contribution in [1.29, 1.82) is 0 Å². The fourth-order valence-corrected chi connectivity index (χ4v) is 1.44. The Morgan fingerprint density at radius 1 is 0.783 bits per heavy atom. The topological polar surface area (TPSA) is 80.3 Å². The van der Waals surface area contributed by atoms with Crippen molar-refractivity contribution in [3.8, 4) is 0 Å². The van der Waals surface area contributed by atoms with Gasteiger partial charge in [-0.25, -0.2) is 0 Å². The number of esters is 1. The summed E-state index contributed by atoms with van der Waals surface area (Å²) in [5.74, 6) is -0.262. The van der Waals surface area contributed by atoms with E-state index in [-0.39, 0.29) is 12.4 Å². The molecule has 0 radical (unpaired) electrons. The van der Waals surface area contributed by atoms with E-state index in [2.05, 4.69) is 0 Å². The molecule has 0 N–H and O–H groups in total. The molecule has 0 saturated heterocycles. The summed E-state index contributed by atoms with van der Waals surface area (Å²) in [6, 6.07) is 0. The van der Waals surface area contributed by atoms with Crippen LogP contribution in [0.2, 0.25) is 0 Å². The average Bonchev–Trinajstić information content (AvgIpc) is 2.46. The molecule has 136 valence electrons. The van der Waals surface area contributed by atoms with Gasteiger partial charge in [0.2, 0.25) is 0 Å². The van der Waals surface area contributed by atoms with Crippen LogP contribution in [0.1, 0.15) is 33.6 Å². The standard InChI is InChI=1S/C16H30O7/c1-16(2,3)23-15(18)5-8-20-10-12-22-14-13-21-11-9-19-7-4-6-17/h6H,4-5,7-14H2,1-3H3. The molecule has 0 spiro atoms. The van der Waals surface area contributed by atoms with Crippen LogP contribution < -0.4 is 0 Å². The molecule has 0 aromatic heterocycles. The Kier molecular flexibility index (Phi) is 13.9. The van der Waals surface area contributed by atoms with Crippen LogP contribution in [0.3, 0.4) is 0 Å². The van der Waals surface area contributed by atoms with Crippen molar-refractivity contribution >= 4 is 12.3 Å². The van der Waals surface area contributed by atoms with E-state index in [4.69, 9.17) is 23.7 Å². The fourth-order valence-electron chi connectivity index (χ4n) is 1.44. The van der Waals surface area contributed by atoms with Gasteiger partial charge in [-0.05, 0) is 20.8 Å². The number of carbonyl (C=O) groups is 2. The zero-order valence-corrected chi connectivity index (χ0v) is 14.5. The van der Waals surface area contributed by atoms with Crippen molar-refractivity contribution in [2.45, 2.75) is 39.2 Å². The smallest absolute Gasteiger partial charge is 0.308 e. The Hall–Kier alpha value is -1.02. The highest BCUT2D eigenvalue weighted by Gasteiger charge is 2.15. The second-order valence-electron chi connectivity index (χ2n) is 5.74. The third-order valence-corrected chi connectivity index (χ3v) is 2.37. The second kappa shape index (κ2) is 14.6. The normalized spacial score (nSPS) is 11.4. The maximum Gasteiger partial charge on any atom is 0.308 e. The van der Waals surface area contributed by atoms with Crippen LogP contribution in [0.5, 0.6) is 0 Å². The van der Waals surface area contributed by atoms with Gasteiger partial charge in [0.1, 0.15) is 11.9 Å². The first-order valence-corrected chi connectivity index (χ1v) is 7.92. The first kappa shape index (κ1) is 22.0. The minimum Gasteiger partial charge on any atom is -0.460 e. The van der Waals surface area contributed by atoms with Gasteiger partial charge in [0.15, 0.2) is 0 Å². The molecule has 0 aliphatic heterocycles. The lowest BCUT2D eigenvalue weighted by Crippen LogP contribution is -2.24. The van der Waals surface area contributed by atoms with Gasteiger partial charge in [-0.15, -0.1) is 0 Å². The maximum absolute atomic E-state index is 11.4. The zero-order chi connectivity index (χ0) is 17.4. The molecule has 7 nitrogen and oxygen atoms in total. The van der Waals surface area contributed by atoms with E-state index in [1.165, 1.54) is 0 Å². The number of hydrogen-bond acceptors (Lipinski definition) is 7. The van der Waals surface area contributed by atoms with Gasteiger partial charge in [0.05, 0.1) is 59.3 Å². The Morgan fingerprint density at radius 3 is 1.65 bits per heavy atom. The summed E-state index contributed by atoms with van der Waals surface area (Å²) in [4.78, 5) is 21.4. The monoisotopic (exact) mass is 334 g/mol. The number of carbonyl (C=O) groups excluding carboxylic acids is 2. The number of ether oxygens (including phenoxy) is 5. The van der Waals surface area contributed by atoms with Gasteiger partial charge >= 0.3 is 5.97 Å². The fraction of sp³-hybridized carbons (Fsp3) is 0.875. The molecule has 0 aromatic carbocycles. The van der Waals surface area contributed by atoms with Gasteiger partial charge in [-0.1, -0.05) is 0 Å². The van der Waals surface area contributed by atoms with Crippen molar-refractivity contribution < 1.29 is 33.3 Å². The molecule has 23 heavy (non-hydrogen) atoms. The summed E-state index contributed by atoms with van der Waals surface area (Å²) in [6.07, 6.45) is 1.48. The summed E-state index contributed by atoms with van der Waals surface area (Å²) in [5, 5.41) is 0. The van der Waals surface area contributed by atoms with E-state index < -0.39 is 5.60 Å². The van der Waals surface area contributed by atoms with Crippen LogP contribution >= 0.6 is 0 Å². The number of aldehydes is 1. The van der Waals surface area contributed by atoms with Crippen molar-refractivity contribution in [2.75, 3.05) is 52.9 Å². The van der Waals surface area contributed by atoms with E-state index in [0.29, 0.717) is 59.3 Å². The highest BCUT2D eigenvalue weighted by atomic mass is 16.6. The zero-order valence-electron chi connectivity index (χ0n) is 14.5. The van der Waals surface area contributed by atoms with Gasteiger partial charge < -0.3 is 28.5 Å². The molecule has 0 aromatic rings. The van der Waals surface area contributed by atoms with E-state index >= 15 is 0 Å². The quantitative estimate of drug-likeness (QED) is 0.254. The van der Waals surface area contributed by atoms with E-state index in [0.717, 1.165) is 6.29 Å². The lowest BCUT2D eigenvalue weighted by atomic mass is 10.2. The molecule has 0 heterocycles. The van der Waals surface area contributed by atoms with Crippen molar-refractivity contribution in [2.24, 2.45) is 0 Å². The van der Waals surface area contributed by atoms with Crippen LogP contribution in [-0.4, -0.2) is 70.7 Å². The van der Waals surface area contributed by atoms with Gasteiger partial charge in [-0.2, -0.15) is 0 Å². The average molecular weight is 334 g/mol. The van der Waals surface area contributed by atoms with E-state index in [9.17, 15) is 9.59 Å². The van der Waals surface area contributed by atoms with Crippen molar-refractivity contribution in [1.82, 2.24) is 0 Å². The van der Waals surface area contributed by atoms with E-state index in [1.807, 2.05) is 20.8 Å². The van der Waals surface area contributed by atoms with Crippen molar-refractivity contribution in [3.05, 3.63) is 0 Å². The Labute approximate surface area is 138 Å². The van der Waals surface area contributed by atoms with Crippen LogP contribution in [0, 0.1) is 0 Å². The predicted octanol–water partition coefficient (Wildman–Crippen LogP) is 1.37. The molecule has 0 unspecified atom stereocenters. The number of hydrogen-bond donors (Lipinski definition) is 0. The Bertz CT molecular complexity index is 299. The molecule has 0 amide bonds. The first-order chi connectivity index (χ1) is 11.0.